The van der Waals surface area contributed by atoms with E-state index in [2.05, 4.69) is 17.1 Å². The van der Waals surface area contributed by atoms with Crippen LogP contribution in [-0.4, -0.2) is 33.7 Å². The van der Waals surface area contributed by atoms with Crippen molar-refractivity contribution in [1.82, 2.24) is 5.43 Å². The van der Waals surface area contributed by atoms with Gasteiger partial charge in [0.2, 0.25) is 0 Å². The third-order valence-electron chi connectivity index (χ3n) is 5.37. The fraction of sp³-hybridized carbons (Fsp3) is 0.185. The number of sulfonamides is 1. The number of hydrogen-bond donors (Lipinski definition) is 1. The van der Waals surface area contributed by atoms with Gasteiger partial charge in [0, 0.05) is 0 Å². The predicted molar refractivity (Wildman–Crippen MR) is 139 cm³/mol. The fourth-order valence-corrected chi connectivity index (χ4v) is 4.81. The van der Waals surface area contributed by atoms with Crippen LogP contribution in [0.1, 0.15) is 22.3 Å². The van der Waals surface area contributed by atoms with E-state index in [9.17, 15) is 13.2 Å². The molecule has 0 saturated heterocycles. The van der Waals surface area contributed by atoms with Gasteiger partial charge in [-0.1, -0.05) is 54.6 Å². The highest BCUT2D eigenvalue weighted by molar-refractivity contribution is 7.92. The van der Waals surface area contributed by atoms with E-state index in [1.807, 2.05) is 26.8 Å². The van der Waals surface area contributed by atoms with Crippen LogP contribution < -0.4 is 14.5 Å². The first-order valence-corrected chi connectivity index (χ1v) is 12.5. The summed E-state index contributed by atoms with van der Waals surface area (Å²) in [6.07, 6.45) is 3.11. The third kappa shape index (κ3) is 6.58. The number of amides is 1. The summed E-state index contributed by atoms with van der Waals surface area (Å²) < 4.78 is 33.7. The molecule has 0 aliphatic carbocycles. The summed E-state index contributed by atoms with van der Waals surface area (Å²) in [5, 5.41) is 3.99. The topological polar surface area (TPSA) is 88.1 Å². The van der Waals surface area contributed by atoms with Crippen LogP contribution in [0.25, 0.3) is 0 Å². The maximum absolute atomic E-state index is 13.5. The molecule has 0 aliphatic rings. The van der Waals surface area contributed by atoms with Gasteiger partial charge in [0.25, 0.3) is 15.9 Å². The Kier molecular flexibility index (Phi) is 8.43. The minimum Gasteiger partial charge on any atom is -0.490 e. The maximum Gasteiger partial charge on any atom is 0.264 e. The molecule has 1 amide bonds. The molecule has 0 heterocycles. The Morgan fingerprint density at radius 2 is 1.77 bits per heavy atom. The highest BCUT2D eigenvalue weighted by Crippen LogP contribution is 2.28. The third-order valence-corrected chi connectivity index (χ3v) is 7.14. The molecule has 3 aromatic rings. The van der Waals surface area contributed by atoms with Gasteiger partial charge in [0.05, 0.1) is 16.8 Å². The number of rotatable bonds is 10. The van der Waals surface area contributed by atoms with Crippen molar-refractivity contribution in [3.05, 3.63) is 102 Å². The Morgan fingerprint density at radius 1 is 1.06 bits per heavy atom. The molecule has 7 nitrogen and oxygen atoms in total. The van der Waals surface area contributed by atoms with E-state index in [1.165, 1.54) is 6.21 Å². The molecule has 3 aromatic carbocycles. The summed E-state index contributed by atoms with van der Waals surface area (Å²) in [5.41, 5.74) is 6.22. The van der Waals surface area contributed by atoms with Gasteiger partial charge in [-0.15, -0.1) is 0 Å². The quantitative estimate of drug-likeness (QED) is 0.257. The number of nitrogens with zero attached hydrogens (tertiary/aromatic N) is 2. The van der Waals surface area contributed by atoms with Crippen molar-refractivity contribution in [3.63, 3.8) is 0 Å². The van der Waals surface area contributed by atoms with Crippen LogP contribution in [0, 0.1) is 20.8 Å². The first-order chi connectivity index (χ1) is 16.7. The van der Waals surface area contributed by atoms with Crippen molar-refractivity contribution in [2.24, 2.45) is 5.10 Å². The Balaban J connectivity index is 1.83. The molecule has 0 atom stereocenters. The van der Waals surface area contributed by atoms with Gasteiger partial charge < -0.3 is 4.74 Å². The average Bonchev–Trinajstić information content (AvgIpc) is 2.84. The molecular weight excluding hydrogens is 462 g/mol. The van der Waals surface area contributed by atoms with Gasteiger partial charge in [0.15, 0.2) is 0 Å². The monoisotopic (exact) mass is 491 g/mol. The first kappa shape index (κ1) is 25.7. The van der Waals surface area contributed by atoms with Crippen LogP contribution >= 0.6 is 0 Å². The van der Waals surface area contributed by atoms with E-state index in [0.29, 0.717) is 23.6 Å². The number of hydrazone groups is 1. The molecular formula is C27H29N3O4S. The molecule has 3 rings (SSSR count). The summed E-state index contributed by atoms with van der Waals surface area (Å²) >= 11 is 0. The summed E-state index contributed by atoms with van der Waals surface area (Å²) in [4.78, 5) is 12.9. The van der Waals surface area contributed by atoms with Gasteiger partial charge in [-0.3, -0.25) is 9.10 Å². The molecule has 0 spiro atoms. The second kappa shape index (κ2) is 11.5. The number of carbonyl (C=O) groups excluding carboxylic acids is 1. The minimum absolute atomic E-state index is 0.108. The van der Waals surface area contributed by atoms with Gasteiger partial charge in [-0.25, -0.2) is 13.8 Å². The smallest absolute Gasteiger partial charge is 0.264 e. The van der Waals surface area contributed by atoms with Crippen molar-refractivity contribution in [3.8, 4) is 5.75 Å². The molecule has 0 saturated carbocycles. The second-order valence-corrected chi connectivity index (χ2v) is 9.87. The molecule has 0 bridgehead atoms. The predicted octanol–water partition coefficient (Wildman–Crippen LogP) is 4.52. The number of aryl methyl sites for hydroxylation is 2. The zero-order valence-corrected chi connectivity index (χ0v) is 20.9. The average molecular weight is 492 g/mol. The van der Waals surface area contributed by atoms with E-state index in [1.54, 1.807) is 66.7 Å². The number of anilines is 1. The molecule has 35 heavy (non-hydrogen) atoms. The standard InChI is InChI=1S/C27H29N3O4S/c1-5-16-34-24-10-7-9-23(17-24)18-28-29-27(31)19-30(26-11-6-8-21(3)22(26)4)35(32,33)25-14-12-20(2)13-15-25/h5-15,17-18H,1,16,19H2,2-4H3,(H,29,31)/b28-18-. The summed E-state index contributed by atoms with van der Waals surface area (Å²) in [6, 6.07) is 19.1. The highest BCUT2D eigenvalue weighted by atomic mass is 32.2. The lowest BCUT2D eigenvalue weighted by molar-refractivity contribution is -0.119. The van der Waals surface area contributed by atoms with E-state index in [-0.39, 0.29) is 4.90 Å². The normalized spacial score (nSPS) is 11.3. The molecule has 8 heteroatoms. The number of benzene rings is 3. The van der Waals surface area contributed by atoms with Crippen molar-refractivity contribution < 1.29 is 17.9 Å². The van der Waals surface area contributed by atoms with Crippen LogP contribution in [-0.2, 0) is 14.8 Å². The molecule has 0 unspecified atom stereocenters. The van der Waals surface area contributed by atoms with Crippen molar-refractivity contribution >= 4 is 27.8 Å². The van der Waals surface area contributed by atoms with Crippen LogP contribution in [0.4, 0.5) is 5.69 Å². The van der Waals surface area contributed by atoms with Crippen LogP contribution in [0.3, 0.4) is 0 Å². The van der Waals surface area contributed by atoms with Gasteiger partial charge in [0.1, 0.15) is 18.9 Å². The number of hydrogen-bond acceptors (Lipinski definition) is 5. The minimum atomic E-state index is -4.00. The van der Waals surface area contributed by atoms with E-state index >= 15 is 0 Å². The van der Waals surface area contributed by atoms with Crippen LogP contribution in [0.5, 0.6) is 5.75 Å². The molecule has 0 fully saturated rings. The first-order valence-electron chi connectivity index (χ1n) is 11.0. The zero-order chi connectivity index (χ0) is 25.4. The summed E-state index contributed by atoms with van der Waals surface area (Å²) in [5.74, 6) is 0.0716. The van der Waals surface area contributed by atoms with Gasteiger partial charge >= 0.3 is 0 Å². The molecule has 1 N–H and O–H groups in total. The largest absolute Gasteiger partial charge is 0.490 e. The number of carbonyl (C=O) groups is 1. The summed E-state index contributed by atoms with van der Waals surface area (Å²) in [7, 11) is -4.00. The lowest BCUT2D eigenvalue weighted by atomic mass is 10.1. The Bertz CT molecular complexity index is 1330. The SMILES string of the molecule is C=CCOc1cccc(/C=N\NC(=O)CN(c2cccc(C)c2C)S(=O)(=O)c2ccc(C)cc2)c1. The molecule has 0 aliphatic heterocycles. The maximum atomic E-state index is 13.5. The summed E-state index contributed by atoms with van der Waals surface area (Å²) in [6.45, 7) is 9.17. The Hall–Kier alpha value is -3.91. The van der Waals surface area contributed by atoms with Crippen LogP contribution in [0.2, 0.25) is 0 Å². The van der Waals surface area contributed by atoms with E-state index in [0.717, 1.165) is 21.0 Å². The Morgan fingerprint density at radius 3 is 2.49 bits per heavy atom. The lowest BCUT2D eigenvalue weighted by Gasteiger charge is -2.26. The second-order valence-electron chi connectivity index (χ2n) is 8.01. The van der Waals surface area contributed by atoms with Gasteiger partial charge in [-0.05, 0) is 67.8 Å². The van der Waals surface area contributed by atoms with E-state index in [4.69, 9.17) is 4.74 Å². The lowest BCUT2D eigenvalue weighted by Crippen LogP contribution is -2.40. The Labute approximate surface area is 206 Å². The van der Waals surface area contributed by atoms with E-state index < -0.39 is 22.5 Å². The molecule has 0 aromatic heterocycles. The van der Waals surface area contributed by atoms with Gasteiger partial charge in [-0.2, -0.15) is 5.10 Å². The molecule has 0 radical (unpaired) electrons. The number of ether oxygens (including phenoxy) is 1. The zero-order valence-electron chi connectivity index (χ0n) is 20.1. The molecule has 182 valence electrons. The van der Waals surface area contributed by atoms with Crippen molar-refractivity contribution in [2.45, 2.75) is 25.7 Å². The van der Waals surface area contributed by atoms with Crippen LogP contribution in [0.15, 0.2) is 89.4 Å². The fourth-order valence-electron chi connectivity index (χ4n) is 3.33. The highest BCUT2D eigenvalue weighted by Gasteiger charge is 2.28. The van der Waals surface area contributed by atoms with Crippen molar-refractivity contribution in [2.75, 3.05) is 17.5 Å². The van der Waals surface area contributed by atoms with Crippen molar-refractivity contribution in [1.29, 1.82) is 0 Å². The number of nitrogens with one attached hydrogen (secondary N) is 1.